The fourth-order valence-electron chi connectivity index (χ4n) is 3.95. The molecule has 5 nitrogen and oxygen atoms in total. The van der Waals surface area contributed by atoms with E-state index < -0.39 is 0 Å². The Hall–Kier alpha value is -1.69. The zero-order valence-electron chi connectivity index (χ0n) is 14.2. The van der Waals surface area contributed by atoms with Crippen molar-refractivity contribution in [3.63, 3.8) is 0 Å². The Balaban J connectivity index is 1.32. The van der Waals surface area contributed by atoms with E-state index in [0.717, 1.165) is 57.1 Å². The second-order valence-corrected chi connectivity index (χ2v) is 7.13. The van der Waals surface area contributed by atoms with Crippen LogP contribution in [0.1, 0.15) is 24.3 Å². The lowest BCUT2D eigenvalue weighted by atomic mass is 9.96. The minimum atomic E-state index is 0.0234. The number of aromatic nitrogens is 1. The van der Waals surface area contributed by atoms with Gasteiger partial charge < -0.3 is 9.15 Å². The normalized spacial score (nSPS) is 27.5. The second kappa shape index (κ2) is 6.67. The summed E-state index contributed by atoms with van der Waals surface area (Å²) in [7, 11) is 2.18. The van der Waals surface area contributed by atoms with Crippen LogP contribution in [-0.2, 0) is 17.8 Å². The van der Waals surface area contributed by atoms with Gasteiger partial charge >= 0.3 is 0 Å². The Kier molecular flexibility index (Phi) is 4.39. The van der Waals surface area contributed by atoms with E-state index in [1.165, 1.54) is 0 Å². The van der Waals surface area contributed by atoms with Crippen LogP contribution in [0, 0.1) is 0 Å². The van der Waals surface area contributed by atoms with Gasteiger partial charge in [0, 0.05) is 31.9 Å². The largest absolute Gasteiger partial charge is 0.468 e. The predicted molar refractivity (Wildman–Crippen MR) is 91.4 cm³/mol. The number of rotatable bonds is 5. The van der Waals surface area contributed by atoms with Crippen molar-refractivity contribution in [1.82, 2.24) is 14.8 Å². The quantitative estimate of drug-likeness (QED) is 0.844. The number of ether oxygens (including phenoxy) is 1. The third kappa shape index (κ3) is 3.38. The number of furan rings is 1. The summed E-state index contributed by atoms with van der Waals surface area (Å²) in [5.41, 5.74) is 1.14. The lowest BCUT2D eigenvalue weighted by molar-refractivity contribution is 0.00979. The first-order valence-electron chi connectivity index (χ1n) is 8.71. The van der Waals surface area contributed by atoms with Crippen molar-refractivity contribution in [2.24, 2.45) is 0 Å². The van der Waals surface area contributed by atoms with Crippen LogP contribution in [0.5, 0.6) is 0 Å². The molecule has 2 aromatic heterocycles. The number of hydrogen-bond donors (Lipinski definition) is 0. The van der Waals surface area contributed by atoms with E-state index in [9.17, 15) is 0 Å². The number of likely N-dealkylation sites (tertiary alicyclic amines) is 1. The monoisotopic (exact) mass is 327 g/mol. The molecule has 0 N–H and O–H groups in total. The molecule has 0 saturated carbocycles. The molecule has 2 aliphatic heterocycles. The Morgan fingerprint density at radius 2 is 2.29 bits per heavy atom. The van der Waals surface area contributed by atoms with Crippen molar-refractivity contribution in [2.45, 2.75) is 37.6 Å². The Bertz CT molecular complexity index is 646. The van der Waals surface area contributed by atoms with E-state index in [2.05, 4.69) is 27.9 Å². The lowest BCUT2D eigenvalue weighted by Gasteiger charge is -2.25. The van der Waals surface area contributed by atoms with Gasteiger partial charge in [0.1, 0.15) is 5.76 Å². The standard InChI is InChI=1S/C19H25N3O2/c1-21(12-16-5-2-3-8-20-16)17-11-19(24-14-17)7-9-22(15-19)13-18-6-4-10-23-18/h2-6,8,10,17H,7,9,11-15H2,1H3/t17-,19+/m0/s1. The zero-order chi connectivity index (χ0) is 16.4. The first-order valence-corrected chi connectivity index (χ1v) is 8.71. The van der Waals surface area contributed by atoms with E-state index in [1.54, 1.807) is 6.26 Å². The molecule has 2 fully saturated rings. The molecule has 4 heterocycles. The van der Waals surface area contributed by atoms with Gasteiger partial charge in [-0.05, 0) is 44.2 Å². The van der Waals surface area contributed by atoms with Gasteiger partial charge in [-0.3, -0.25) is 14.8 Å². The van der Waals surface area contributed by atoms with Crippen molar-refractivity contribution < 1.29 is 9.15 Å². The minimum absolute atomic E-state index is 0.0234. The van der Waals surface area contributed by atoms with Crippen molar-refractivity contribution in [3.8, 4) is 0 Å². The molecule has 0 radical (unpaired) electrons. The maximum atomic E-state index is 6.29. The molecule has 5 heteroatoms. The van der Waals surface area contributed by atoms with Gasteiger partial charge in [-0.25, -0.2) is 0 Å². The predicted octanol–water partition coefficient (Wildman–Crippen LogP) is 2.54. The highest BCUT2D eigenvalue weighted by Crippen LogP contribution is 2.37. The minimum Gasteiger partial charge on any atom is -0.468 e. The van der Waals surface area contributed by atoms with Crippen molar-refractivity contribution >= 4 is 0 Å². The third-order valence-electron chi connectivity index (χ3n) is 5.31. The molecule has 0 amide bonds. The first kappa shape index (κ1) is 15.8. The Labute approximate surface area is 143 Å². The average Bonchev–Trinajstić information content (AvgIpc) is 3.32. The summed E-state index contributed by atoms with van der Waals surface area (Å²) in [6.45, 7) is 4.66. The SMILES string of the molecule is CN(Cc1ccccn1)[C@@H]1CO[C@]2(CCN(Cc3ccco3)C2)C1. The van der Waals surface area contributed by atoms with E-state index in [1.807, 2.05) is 30.5 Å². The molecule has 24 heavy (non-hydrogen) atoms. The van der Waals surface area contributed by atoms with Crippen LogP contribution in [0.15, 0.2) is 47.2 Å². The molecule has 1 spiro atoms. The number of hydrogen-bond acceptors (Lipinski definition) is 5. The maximum absolute atomic E-state index is 6.29. The van der Waals surface area contributed by atoms with Crippen molar-refractivity contribution in [1.29, 1.82) is 0 Å². The van der Waals surface area contributed by atoms with Gasteiger partial charge in [-0.2, -0.15) is 0 Å². The van der Waals surface area contributed by atoms with E-state index in [0.29, 0.717) is 6.04 Å². The van der Waals surface area contributed by atoms with Crippen LogP contribution >= 0.6 is 0 Å². The molecule has 0 aliphatic carbocycles. The summed E-state index contributed by atoms with van der Waals surface area (Å²) in [5, 5.41) is 0. The van der Waals surface area contributed by atoms with Crippen LogP contribution in [-0.4, -0.2) is 53.2 Å². The van der Waals surface area contributed by atoms with Gasteiger partial charge in [0.15, 0.2) is 0 Å². The highest BCUT2D eigenvalue weighted by atomic mass is 16.5. The summed E-state index contributed by atoms with van der Waals surface area (Å²) in [6, 6.07) is 10.6. The molecule has 2 aliphatic rings. The van der Waals surface area contributed by atoms with Gasteiger partial charge in [-0.15, -0.1) is 0 Å². The molecular formula is C19H25N3O2. The molecule has 0 unspecified atom stereocenters. The summed E-state index contributed by atoms with van der Waals surface area (Å²) in [4.78, 5) is 9.26. The van der Waals surface area contributed by atoms with Gasteiger partial charge in [0.2, 0.25) is 0 Å². The molecule has 2 saturated heterocycles. The van der Waals surface area contributed by atoms with Crippen molar-refractivity contribution in [3.05, 3.63) is 54.2 Å². The fraction of sp³-hybridized carbons (Fsp3) is 0.526. The Morgan fingerprint density at radius 1 is 1.33 bits per heavy atom. The summed E-state index contributed by atoms with van der Waals surface area (Å²) >= 11 is 0. The molecule has 128 valence electrons. The molecule has 0 aromatic carbocycles. The molecule has 2 atom stereocenters. The first-order chi connectivity index (χ1) is 11.7. The topological polar surface area (TPSA) is 41.7 Å². The van der Waals surface area contributed by atoms with Crippen LogP contribution in [0.3, 0.4) is 0 Å². The number of nitrogens with zero attached hydrogens (tertiary/aromatic N) is 3. The summed E-state index contributed by atoms with van der Waals surface area (Å²) in [5.74, 6) is 1.04. The third-order valence-corrected chi connectivity index (χ3v) is 5.31. The Morgan fingerprint density at radius 3 is 3.08 bits per heavy atom. The van der Waals surface area contributed by atoms with Crippen LogP contribution < -0.4 is 0 Å². The molecule has 0 bridgehead atoms. The van der Waals surface area contributed by atoms with Gasteiger partial charge in [0.05, 0.1) is 30.7 Å². The second-order valence-electron chi connectivity index (χ2n) is 7.13. The highest BCUT2D eigenvalue weighted by molar-refractivity contribution is 5.06. The van der Waals surface area contributed by atoms with Crippen LogP contribution in [0.25, 0.3) is 0 Å². The van der Waals surface area contributed by atoms with E-state index >= 15 is 0 Å². The van der Waals surface area contributed by atoms with Gasteiger partial charge in [-0.1, -0.05) is 6.07 Å². The zero-order valence-corrected chi connectivity index (χ0v) is 14.2. The van der Waals surface area contributed by atoms with Gasteiger partial charge in [0.25, 0.3) is 0 Å². The maximum Gasteiger partial charge on any atom is 0.117 e. The van der Waals surface area contributed by atoms with Crippen LogP contribution in [0.4, 0.5) is 0 Å². The molecule has 2 aromatic rings. The molecule has 4 rings (SSSR count). The number of likely N-dealkylation sites (N-methyl/N-ethyl adjacent to an activating group) is 1. The van der Waals surface area contributed by atoms with E-state index in [-0.39, 0.29) is 5.60 Å². The summed E-state index contributed by atoms with van der Waals surface area (Å²) < 4.78 is 11.8. The van der Waals surface area contributed by atoms with Crippen LogP contribution in [0.2, 0.25) is 0 Å². The fourth-order valence-corrected chi connectivity index (χ4v) is 3.95. The average molecular weight is 327 g/mol. The van der Waals surface area contributed by atoms with Crippen molar-refractivity contribution in [2.75, 3.05) is 26.7 Å². The molecular weight excluding hydrogens is 302 g/mol. The van der Waals surface area contributed by atoms with E-state index in [4.69, 9.17) is 9.15 Å². The summed E-state index contributed by atoms with van der Waals surface area (Å²) in [6.07, 6.45) is 5.82. The number of pyridine rings is 1. The smallest absolute Gasteiger partial charge is 0.117 e. The lowest BCUT2D eigenvalue weighted by Crippen LogP contribution is -2.36. The highest BCUT2D eigenvalue weighted by Gasteiger charge is 2.46.